The Hall–Kier alpha value is 1.53. The summed E-state index contributed by atoms with van der Waals surface area (Å²) in [5.41, 5.74) is 2.19. The van der Waals surface area contributed by atoms with Crippen LogP contribution in [0.1, 0.15) is 49.7 Å². The van der Waals surface area contributed by atoms with Gasteiger partial charge in [0.15, 0.2) is 0 Å². The normalized spacial score (nSPS) is 25.8. The summed E-state index contributed by atoms with van der Waals surface area (Å²) in [6.45, 7) is 0. The molecule has 1 aliphatic carbocycles. The van der Waals surface area contributed by atoms with E-state index in [0.29, 0.717) is 25.9 Å². The molecule has 4 rings (SSSR count). The number of phenolic OH excluding ortho intramolecular Hbond substituents is 2. The molecule has 0 spiro atoms. The van der Waals surface area contributed by atoms with Crippen molar-refractivity contribution < 1.29 is 29.1 Å². The summed E-state index contributed by atoms with van der Waals surface area (Å²) < 4.78 is 3.62. The van der Waals surface area contributed by atoms with Gasteiger partial charge in [-0.2, -0.15) is 0 Å². The van der Waals surface area contributed by atoms with E-state index in [1.807, 2.05) is 12.1 Å². The standard InChI is InChI=1S/C22H24Br4O2S2.Hf/c23-15-7-13(21(27)17(25)9-15)11-29-19-5-3-1-2-4-6-20(19)30-12-14-8-16(24)10-18(26)22(14)28;/h7-10,19-20,27-28H,1-6,11-12H2;/t19-,20?;/m0./s1. The van der Waals surface area contributed by atoms with Crippen molar-refractivity contribution in [2.75, 3.05) is 0 Å². The molecule has 2 N–H and O–H groups in total. The van der Waals surface area contributed by atoms with E-state index in [-0.39, 0.29) is 0 Å². The van der Waals surface area contributed by atoms with Gasteiger partial charge in [-0.3, -0.25) is 0 Å². The second-order valence-corrected chi connectivity index (χ2v) is 32.5. The Kier molecular flexibility index (Phi) is 9.51. The Morgan fingerprint density at radius 1 is 0.710 bits per heavy atom. The first-order chi connectivity index (χ1) is 14.8. The molecule has 2 nitrogen and oxygen atoms in total. The molecule has 2 aromatic carbocycles. The van der Waals surface area contributed by atoms with Crippen LogP contribution in [0.2, 0.25) is 0 Å². The number of fused-ring (bicyclic) bond motifs is 1. The Bertz CT molecular complexity index is 1000. The molecule has 2 aliphatic rings. The van der Waals surface area contributed by atoms with Crippen molar-refractivity contribution in [1.82, 2.24) is 0 Å². The molecule has 0 aromatic heterocycles. The number of halogens is 4. The third-order valence-corrected chi connectivity index (χ3v) is 37.2. The van der Waals surface area contributed by atoms with Crippen LogP contribution in [0, 0.1) is 0 Å². The van der Waals surface area contributed by atoms with Crippen LogP contribution in [-0.2, 0) is 30.4 Å². The van der Waals surface area contributed by atoms with Gasteiger partial charge in [-0.1, -0.05) is 0 Å². The van der Waals surface area contributed by atoms with E-state index >= 15 is 0 Å². The van der Waals surface area contributed by atoms with Crippen molar-refractivity contribution in [1.29, 1.82) is 0 Å². The second kappa shape index (κ2) is 11.5. The first-order valence-corrected chi connectivity index (χ1v) is 25.2. The summed E-state index contributed by atoms with van der Waals surface area (Å²) in [6, 6.07) is 8.08. The van der Waals surface area contributed by atoms with Gasteiger partial charge < -0.3 is 0 Å². The first-order valence-electron chi connectivity index (χ1n) is 10.3. The molecule has 1 heterocycles. The van der Waals surface area contributed by atoms with Gasteiger partial charge in [0.25, 0.3) is 0 Å². The molecule has 0 saturated heterocycles. The van der Waals surface area contributed by atoms with Crippen LogP contribution >= 0.6 is 78.1 Å². The molecular weight excluding hydrogens is 858 g/mol. The minimum atomic E-state index is -0.951. The molecule has 1 saturated carbocycles. The Morgan fingerprint density at radius 2 is 1.13 bits per heavy atom. The van der Waals surface area contributed by atoms with Crippen LogP contribution in [0.3, 0.4) is 0 Å². The summed E-state index contributed by atoms with van der Waals surface area (Å²) in [6.07, 6.45) is 8.16. The van der Waals surface area contributed by atoms with E-state index in [9.17, 15) is 10.2 Å². The number of phenols is 2. The van der Waals surface area contributed by atoms with Crippen LogP contribution in [-0.4, -0.2) is 20.7 Å². The topological polar surface area (TPSA) is 40.5 Å². The minimum absolute atomic E-state index is 0.419. The summed E-state index contributed by atoms with van der Waals surface area (Å²) in [4.78, 5) is 0. The van der Waals surface area contributed by atoms with Crippen LogP contribution < -0.4 is 0 Å². The van der Waals surface area contributed by atoms with Gasteiger partial charge >= 0.3 is 232 Å². The van der Waals surface area contributed by atoms with Crippen LogP contribution in [0.5, 0.6) is 11.5 Å². The van der Waals surface area contributed by atoms with Gasteiger partial charge in [-0.25, -0.2) is 0 Å². The van der Waals surface area contributed by atoms with Gasteiger partial charge in [0.05, 0.1) is 0 Å². The molecule has 1 aliphatic heterocycles. The summed E-state index contributed by atoms with van der Waals surface area (Å²) in [5.74, 6) is 2.90. The zero-order chi connectivity index (χ0) is 22.1. The van der Waals surface area contributed by atoms with E-state index in [0.717, 1.165) is 51.0 Å². The van der Waals surface area contributed by atoms with Gasteiger partial charge in [0.2, 0.25) is 0 Å². The summed E-state index contributed by atoms with van der Waals surface area (Å²) >= 11 is 13.3. The second-order valence-electron chi connectivity index (χ2n) is 8.09. The van der Waals surface area contributed by atoms with Crippen molar-refractivity contribution in [3.05, 3.63) is 53.3 Å². The zero-order valence-corrected chi connectivity index (χ0v) is 28.4. The van der Waals surface area contributed by atoms with E-state index in [4.69, 9.17) is 0 Å². The molecule has 0 bridgehead atoms. The predicted octanol–water partition coefficient (Wildman–Crippen LogP) is 9.40. The third-order valence-electron chi connectivity index (χ3n) is 5.92. The molecule has 4 atom stereocenters. The van der Waals surface area contributed by atoms with Crippen LogP contribution in [0.15, 0.2) is 42.2 Å². The fourth-order valence-electron chi connectivity index (χ4n) is 4.40. The maximum atomic E-state index is 10.7. The number of rotatable bonds is 4. The van der Waals surface area contributed by atoms with Crippen molar-refractivity contribution in [2.45, 2.75) is 60.5 Å². The molecule has 3 unspecified atom stereocenters. The van der Waals surface area contributed by atoms with Crippen LogP contribution in [0.4, 0.5) is 0 Å². The molecular formula is C22H24Br4HfO2S2. The van der Waals surface area contributed by atoms with E-state index < -0.39 is 18.9 Å². The number of aromatic hydroxyl groups is 2. The quantitative estimate of drug-likeness (QED) is 0.301. The first kappa shape index (κ1) is 25.6. The fourth-order valence-corrected chi connectivity index (χ4v) is 46.1. The van der Waals surface area contributed by atoms with E-state index in [1.165, 1.54) is 38.5 Å². The number of hydrogen-bond donors (Lipinski definition) is 2. The zero-order valence-electron chi connectivity index (χ0n) is 16.8. The molecule has 2 aromatic rings. The molecule has 1 fully saturated rings. The average molecular weight is 883 g/mol. The van der Waals surface area contributed by atoms with Crippen LogP contribution in [0.25, 0.3) is 0 Å². The van der Waals surface area contributed by atoms with Crippen molar-refractivity contribution >= 4 is 78.1 Å². The third kappa shape index (κ3) is 6.21. The summed E-state index contributed by atoms with van der Waals surface area (Å²) in [7, 11) is 0.877. The van der Waals surface area contributed by atoms with Gasteiger partial charge in [0, 0.05) is 0 Å². The van der Waals surface area contributed by atoms with E-state index in [1.54, 1.807) is 0 Å². The predicted molar refractivity (Wildman–Crippen MR) is 145 cm³/mol. The van der Waals surface area contributed by atoms with E-state index in [2.05, 4.69) is 75.9 Å². The van der Waals surface area contributed by atoms with Crippen molar-refractivity contribution in [3.63, 3.8) is 0 Å². The maximum absolute atomic E-state index is 10.7. The molecule has 31 heavy (non-hydrogen) atoms. The van der Waals surface area contributed by atoms with Crippen molar-refractivity contribution in [2.24, 2.45) is 0 Å². The van der Waals surface area contributed by atoms with Crippen molar-refractivity contribution in [3.8, 4) is 11.5 Å². The Labute approximate surface area is 229 Å². The summed E-state index contributed by atoms with van der Waals surface area (Å²) in [5, 5.41) is 23.0. The molecule has 168 valence electrons. The van der Waals surface area contributed by atoms with Gasteiger partial charge in [-0.05, 0) is 0 Å². The fraction of sp³-hybridized carbons (Fsp3) is 0.455. The Morgan fingerprint density at radius 3 is 1.55 bits per heavy atom. The molecule has 0 amide bonds. The molecule has 9 heteroatoms. The molecule has 0 radical (unpaired) electrons. The monoisotopic (exact) mass is 880 g/mol. The number of hydrogen-bond acceptors (Lipinski definition) is 2. The van der Waals surface area contributed by atoms with Gasteiger partial charge in [-0.15, -0.1) is 0 Å². The SMILES string of the molecule is Oc1c(Br)cc(Br)cc1C[S]1=[Hf]=[S](Cc2cc(Br)cc(Br)c2O)[C@H]2CCCCCCC21. The number of benzene rings is 2. The average Bonchev–Trinajstić information content (AvgIpc) is 2.98. The Balaban J connectivity index is 1.72. The van der Waals surface area contributed by atoms with Gasteiger partial charge in [0.1, 0.15) is 0 Å².